The standard InChI is InChI=1S/C13H22N2O2/c1-3-10-5-4-6-11(7-10)15-9(2)13(17)14-8-12(15)16/h9-11H,3-8H2,1-2H3,(H,14,17). The summed E-state index contributed by atoms with van der Waals surface area (Å²) in [6.07, 6.45) is 5.76. The number of piperazine rings is 1. The summed E-state index contributed by atoms with van der Waals surface area (Å²) in [4.78, 5) is 25.4. The monoisotopic (exact) mass is 238 g/mol. The average molecular weight is 238 g/mol. The summed E-state index contributed by atoms with van der Waals surface area (Å²) in [6, 6.07) is -0.0147. The number of carbonyl (C=O) groups excluding carboxylic acids is 2. The number of amides is 2. The van der Waals surface area contributed by atoms with Gasteiger partial charge in [-0.25, -0.2) is 0 Å². The van der Waals surface area contributed by atoms with Crippen molar-refractivity contribution in [2.24, 2.45) is 5.92 Å². The molecule has 1 aliphatic carbocycles. The summed E-state index contributed by atoms with van der Waals surface area (Å²) in [5.74, 6) is 0.792. The molecule has 17 heavy (non-hydrogen) atoms. The van der Waals surface area contributed by atoms with Gasteiger partial charge >= 0.3 is 0 Å². The fourth-order valence-electron chi connectivity index (χ4n) is 3.15. The number of nitrogens with one attached hydrogen (secondary N) is 1. The van der Waals surface area contributed by atoms with Crippen LogP contribution in [0.25, 0.3) is 0 Å². The lowest BCUT2D eigenvalue weighted by Crippen LogP contribution is -2.60. The molecule has 1 heterocycles. The maximum atomic E-state index is 12.0. The van der Waals surface area contributed by atoms with Crippen molar-refractivity contribution in [1.29, 1.82) is 0 Å². The van der Waals surface area contributed by atoms with Crippen LogP contribution in [0.2, 0.25) is 0 Å². The Balaban J connectivity index is 2.08. The number of carbonyl (C=O) groups is 2. The molecule has 2 rings (SSSR count). The largest absolute Gasteiger partial charge is 0.345 e. The quantitative estimate of drug-likeness (QED) is 0.788. The molecule has 1 saturated heterocycles. The molecule has 2 fully saturated rings. The zero-order valence-corrected chi connectivity index (χ0v) is 10.7. The summed E-state index contributed by atoms with van der Waals surface area (Å²) in [6.45, 7) is 4.22. The fourth-order valence-corrected chi connectivity index (χ4v) is 3.15. The van der Waals surface area contributed by atoms with E-state index in [0.717, 1.165) is 18.8 Å². The lowest BCUT2D eigenvalue weighted by molar-refractivity contribution is -0.148. The van der Waals surface area contributed by atoms with E-state index in [9.17, 15) is 9.59 Å². The van der Waals surface area contributed by atoms with Crippen LogP contribution < -0.4 is 5.32 Å². The Morgan fingerprint density at radius 2 is 2.12 bits per heavy atom. The smallest absolute Gasteiger partial charge is 0.242 e. The highest BCUT2D eigenvalue weighted by atomic mass is 16.2. The Labute approximate surface area is 103 Å². The second-order valence-corrected chi connectivity index (χ2v) is 5.29. The minimum absolute atomic E-state index is 0.0109. The third-order valence-corrected chi connectivity index (χ3v) is 4.22. The summed E-state index contributed by atoms with van der Waals surface area (Å²) >= 11 is 0. The Morgan fingerprint density at radius 3 is 2.82 bits per heavy atom. The first kappa shape index (κ1) is 12.4. The number of rotatable bonds is 2. The average Bonchev–Trinajstić information content (AvgIpc) is 2.35. The zero-order valence-electron chi connectivity index (χ0n) is 10.7. The lowest BCUT2D eigenvalue weighted by atomic mass is 9.83. The molecule has 2 amide bonds. The van der Waals surface area contributed by atoms with E-state index in [1.165, 1.54) is 19.3 Å². The van der Waals surface area contributed by atoms with E-state index in [2.05, 4.69) is 12.2 Å². The van der Waals surface area contributed by atoms with Crippen LogP contribution in [-0.4, -0.2) is 35.3 Å². The van der Waals surface area contributed by atoms with Crippen molar-refractivity contribution in [3.05, 3.63) is 0 Å². The predicted molar refractivity (Wildman–Crippen MR) is 65.4 cm³/mol. The van der Waals surface area contributed by atoms with E-state index in [4.69, 9.17) is 0 Å². The van der Waals surface area contributed by atoms with Gasteiger partial charge in [-0.1, -0.05) is 26.2 Å². The van der Waals surface area contributed by atoms with Gasteiger partial charge in [0.2, 0.25) is 11.8 Å². The normalized spacial score (nSPS) is 34.7. The van der Waals surface area contributed by atoms with E-state index in [1.54, 1.807) is 0 Å². The third-order valence-electron chi connectivity index (χ3n) is 4.22. The van der Waals surface area contributed by atoms with E-state index in [1.807, 2.05) is 11.8 Å². The molecule has 1 N–H and O–H groups in total. The van der Waals surface area contributed by atoms with Crippen molar-refractivity contribution in [2.75, 3.05) is 6.54 Å². The van der Waals surface area contributed by atoms with Crippen molar-refractivity contribution < 1.29 is 9.59 Å². The van der Waals surface area contributed by atoms with E-state index >= 15 is 0 Å². The van der Waals surface area contributed by atoms with E-state index < -0.39 is 0 Å². The van der Waals surface area contributed by atoms with Crippen molar-refractivity contribution in [3.8, 4) is 0 Å². The van der Waals surface area contributed by atoms with Gasteiger partial charge in [0.05, 0.1) is 6.54 Å². The van der Waals surface area contributed by atoms with Crippen LogP contribution in [0.5, 0.6) is 0 Å². The summed E-state index contributed by atoms with van der Waals surface area (Å²) in [5, 5.41) is 2.65. The molecule has 2 aliphatic rings. The molecule has 0 aromatic carbocycles. The maximum absolute atomic E-state index is 12.0. The van der Waals surface area contributed by atoms with Gasteiger partial charge in [-0.15, -0.1) is 0 Å². The van der Waals surface area contributed by atoms with Gasteiger partial charge in [-0.3, -0.25) is 9.59 Å². The number of nitrogens with zero attached hydrogens (tertiary/aromatic N) is 1. The molecule has 0 spiro atoms. The van der Waals surface area contributed by atoms with Gasteiger partial charge in [0.15, 0.2) is 0 Å². The first-order valence-corrected chi connectivity index (χ1v) is 6.72. The van der Waals surface area contributed by atoms with Gasteiger partial charge in [-0.2, -0.15) is 0 Å². The molecule has 0 aromatic heterocycles. The van der Waals surface area contributed by atoms with Crippen molar-refractivity contribution >= 4 is 11.8 Å². The Kier molecular flexibility index (Phi) is 3.69. The van der Waals surface area contributed by atoms with E-state index in [-0.39, 0.29) is 30.4 Å². The maximum Gasteiger partial charge on any atom is 0.242 e. The summed E-state index contributed by atoms with van der Waals surface area (Å²) < 4.78 is 0. The predicted octanol–water partition coefficient (Wildman–Crippen LogP) is 1.30. The second kappa shape index (κ2) is 5.07. The molecule has 0 bridgehead atoms. The topological polar surface area (TPSA) is 49.4 Å². The highest BCUT2D eigenvalue weighted by molar-refractivity contribution is 5.94. The molecule has 3 atom stereocenters. The minimum Gasteiger partial charge on any atom is -0.345 e. The van der Waals surface area contributed by atoms with Crippen LogP contribution in [0.1, 0.15) is 46.0 Å². The lowest BCUT2D eigenvalue weighted by Gasteiger charge is -2.42. The van der Waals surface area contributed by atoms with Gasteiger partial charge in [0, 0.05) is 6.04 Å². The number of hydrogen-bond acceptors (Lipinski definition) is 2. The zero-order chi connectivity index (χ0) is 12.4. The Bertz CT molecular complexity index is 317. The Morgan fingerprint density at radius 1 is 1.35 bits per heavy atom. The van der Waals surface area contributed by atoms with Crippen LogP contribution in [0.3, 0.4) is 0 Å². The molecule has 3 unspecified atom stereocenters. The number of hydrogen-bond donors (Lipinski definition) is 1. The highest BCUT2D eigenvalue weighted by Crippen LogP contribution is 2.31. The van der Waals surface area contributed by atoms with Gasteiger partial charge in [0.25, 0.3) is 0 Å². The third kappa shape index (κ3) is 2.45. The molecule has 4 nitrogen and oxygen atoms in total. The molecule has 0 radical (unpaired) electrons. The minimum atomic E-state index is -0.295. The SMILES string of the molecule is CCC1CCCC(N2C(=O)CNC(=O)C2C)C1. The molecular formula is C13H22N2O2. The van der Waals surface area contributed by atoms with Crippen LogP contribution in [-0.2, 0) is 9.59 Å². The first-order chi connectivity index (χ1) is 8.13. The highest BCUT2D eigenvalue weighted by Gasteiger charge is 2.37. The van der Waals surface area contributed by atoms with Crippen LogP contribution in [0.4, 0.5) is 0 Å². The molecule has 1 aliphatic heterocycles. The Hall–Kier alpha value is -1.06. The molecular weight excluding hydrogens is 216 g/mol. The first-order valence-electron chi connectivity index (χ1n) is 6.72. The van der Waals surface area contributed by atoms with Gasteiger partial charge in [-0.05, 0) is 25.7 Å². The molecule has 1 saturated carbocycles. The van der Waals surface area contributed by atoms with Gasteiger partial charge in [0.1, 0.15) is 6.04 Å². The van der Waals surface area contributed by atoms with Crippen molar-refractivity contribution in [2.45, 2.75) is 58.0 Å². The fraction of sp³-hybridized carbons (Fsp3) is 0.846. The summed E-state index contributed by atoms with van der Waals surface area (Å²) in [5.41, 5.74) is 0. The molecule has 96 valence electrons. The van der Waals surface area contributed by atoms with Crippen LogP contribution >= 0.6 is 0 Å². The molecule has 0 aromatic rings. The summed E-state index contributed by atoms with van der Waals surface area (Å²) in [7, 11) is 0. The van der Waals surface area contributed by atoms with Crippen molar-refractivity contribution in [1.82, 2.24) is 10.2 Å². The van der Waals surface area contributed by atoms with Crippen molar-refractivity contribution in [3.63, 3.8) is 0 Å². The van der Waals surface area contributed by atoms with E-state index in [0.29, 0.717) is 0 Å². The van der Waals surface area contributed by atoms with Crippen LogP contribution in [0.15, 0.2) is 0 Å². The van der Waals surface area contributed by atoms with Crippen LogP contribution in [0, 0.1) is 5.92 Å². The second-order valence-electron chi connectivity index (χ2n) is 5.29. The molecule has 4 heteroatoms. The van der Waals surface area contributed by atoms with Gasteiger partial charge < -0.3 is 10.2 Å².